The SMILES string of the molecule is FC=CC(CF)C(F)(F)F. The zero-order valence-electron chi connectivity index (χ0n) is 4.83. The molecular weight excluding hydrogens is 155 g/mol. The third-order valence-corrected chi connectivity index (χ3v) is 0.892. The molecule has 5 heteroatoms. The van der Waals surface area contributed by atoms with E-state index in [0.717, 1.165) is 0 Å². The van der Waals surface area contributed by atoms with Gasteiger partial charge in [-0.1, -0.05) is 0 Å². The molecule has 0 saturated carbocycles. The Hall–Kier alpha value is -0.610. The topological polar surface area (TPSA) is 0 Å². The second kappa shape index (κ2) is 3.53. The van der Waals surface area contributed by atoms with Crippen molar-refractivity contribution in [2.45, 2.75) is 6.18 Å². The number of hydrogen-bond donors (Lipinski definition) is 0. The van der Waals surface area contributed by atoms with Crippen LogP contribution in [0.5, 0.6) is 0 Å². The van der Waals surface area contributed by atoms with E-state index in [4.69, 9.17) is 0 Å². The van der Waals surface area contributed by atoms with Gasteiger partial charge in [-0.15, -0.1) is 0 Å². The van der Waals surface area contributed by atoms with Crippen molar-refractivity contribution in [1.82, 2.24) is 0 Å². The van der Waals surface area contributed by atoms with Crippen LogP contribution in [0, 0.1) is 5.92 Å². The Morgan fingerprint density at radius 3 is 1.90 bits per heavy atom. The quantitative estimate of drug-likeness (QED) is 0.544. The summed E-state index contributed by atoms with van der Waals surface area (Å²) >= 11 is 0. The first kappa shape index (κ1) is 9.39. The molecule has 0 radical (unpaired) electrons. The Kier molecular flexibility index (Phi) is 3.32. The second-order valence-corrected chi connectivity index (χ2v) is 1.62. The molecule has 0 aromatic heterocycles. The minimum atomic E-state index is -4.68. The maximum atomic E-state index is 11.4. The molecule has 1 unspecified atom stereocenters. The third-order valence-electron chi connectivity index (χ3n) is 0.892. The molecule has 0 bridgehead atoms. The smallest absolute Gasteiger partial charge is 0.250 e. The molecule has 0 aromatic rings. The van der Waals surface area contributed by atoms with Crippen molar-refractivity contribution in [2.75, 3.05) is 6.67 Å². The first-order chi connectivity index (χ1) is 4.52. The standard InChI is InChI=1S/C5H5F5/c6-2-1-4(3-7)5(8,9)10/h1-2,4H,3H2. The van der Waals surface area contributed by atoms with Gasteiger partial charge in [-0.05, 0) is 6.08 Å². The molecule has 0 heterocycles. The van der Waals surface area contributed by atoms with Crippen molar-refractivity contribution in [3.05, 3.63) is 12.4 Å². The van der Waals surface area contributed by atoms with Gasteiger partial charge in [0.05, 0.1) is 6.33 Å². The van der Waals surface area contributed by atoms with E-state index >= 15 is 0 Å². The van der Waals surface area contributed by atoms with E-state index in [-0.39, 0.29) is 12.4 Å². The van der Waals surface area contributed by atoms with E-state index in [1.807, 2.05) is 0 Å². The first-order valence-electron chi connectivity index (χ1n) is 2.42. The lowest BCUT2D eigenvalue weighted by atomic mass is 10.1. The maximum Gasteiger partial charge on any atom is 0.397 e. The predicted octanol–water partition coefficient (Wildman–Crippen LogP) is 2.62. The normalized spacial score (nSPS) is 16.1. The molecule has 0 nitrogen and oxygen atoms in total. The fourth-order valence-electron chi connectivity index (χ4n) is 0.336. The van der Waals surface area contributed by atoms with Gasteiger partial charge < -0.3 is 0 Å². The first-order valence-corrected chi connectivity index (χ1v) is 2.42. The predicted molar refractivity (Wildman–Crippen MR) is 25.8 cm³/mol. The van der Waals surface area contributed by atoms with Crippen molar-refractivity contribution in [1.29, 1.82) is 0 Å². The van der Waals surface area contributed by atoms with Crippen molar-refractivity contribution < 1.29 is 22.0 Å². The van der Waals surface area contributed by atoms with Crippen molar-refractivity contribution >= 4 is 0 Å². The van der Waals surface area contributed by atoms with Crippen molar-refractivity contribution in [2.24, 2.45) is 5.92 Å². The molecule has 0 spiro atoms. The molecule has 60 valence electrons. The van der Waals surface area contributed by atoms with Crippen molar-refractivity contribution in [3.63, 3.8) is 0 Å². The van der Waals surface area contributed by atoms with Crippen LogP contribution in [0.15, 0.2) is 12.4 Å². The van der Waals surface area contributed by atoms with E-state index < -0.39 is 18.8 Å². The van der Waals surface area contributed by atoms with Crippen molar-refractivity contribution in [3.8, 4) is 0 Å². The summed E-state index contributed by atoms with van der Waals surface area (Å²) in [6, 6.07) is 0. The van der Waals surface area contributed by atoms with E-state index in [1.54, 1.807) is 0 Å². The maximum absolute atomic E-state index is 11.4. The van der Waals surface area contributed by atoms with Gasteiger partial charge in [-0.2, -0.15) is 13.2 Å². The molecule has 10 heavy (non-hydrogen) atoms. The molecule has 1 atom stereocenters. The Labute approximate surface area is 54.3 Å². The third kappa shape index (κ3) is 2.80. The zero-order valence-corrected chi connectivity index (χ0v) is 4.83. The van der Waals surface area contributed by atoms with Crippen LogP contribution in [0.4, 0.5) is 22.0 Å². The van der Waals surface area contributed by atoms with Gasteiger partial charge in [0.15, 0.2) is 0 Å². The Balaban J connectivity index is 4.07. The summed E-state index contributed by atoms with van der Waals surface area (Å²) in [7, 11) is 0. The summed E-state index contributed by atoms with van der Waals surface area (Å²) in [6.07, 6.45) is -4.85. The average molecular weight is 160 g/mol. The monoisotopic (exact) mass is 160 g/mol. The van der Waals surface area contributed by atoms with Crippen LogP contribution in [-0.4, -0.2) is 12.9 Å². The summed E-state index contributed by atoms with van der Waals surface area (Å²) in [4.78, 5) is 0. The summed E-state index contributed by atoms with van der Waals surface area (Å²) in [6.45, 7) is -1.62. The minimum absolute atomic E-state index is 0.139. The van der Waals surface area contributed by atoms with Crippen LogP contribution < -0.4 is 0 Å². The van der Waals surface area contributed by atoms with Crippen LogP contribution in [0.1, 0.15) is 0 Å². The number of allylic oxidation sites excluding steroid dienone is 1. The molecule has 0 aliphatic rings. The van der Waals surface area contributed by atoms with Crippen LogP contribution in [0.2, 0.25) is 0 Å². The van der Waals surface area contributed by atoms with E-state index in [0.29, 0.717) is 0 Å². The molecule has 0 fully saturated rings. The van der Waals surface area contributed by atoms with Gasteiger partial charge >= 0.3 is 6.18 Å². The van der Waals surface area contributed by atoms with Crippen LogP contribution in [0.3, 0.4) is 0 Å². The lowest BCUT2D eigenvalue weighted by molar-refractivity contribution is -0.164. The Morgan fingerprint density at radius 2 is 1.80 bits per heavy atom. The Bertz CT molecular complexity index is 114. The van der Waals surface area contributed by atoms with E-state index in [9.17, 15) is 22.0 Å². The second-order valence-electron chi connectivity index (χ2n) is 1.62. The van der Waals surface area contributed by atoms with Gasteiger partial charge in [-0.3, -0.25) is 4.39 Å². The lowest BCUT2D eigenvalue weighted by Crippen LogP contribution is -2.22. The Morgan fingerprint density at radius 1 is 1.30 bits per heavy atom. The van der Waals surface area contributed by atoms with Gasteiger partial charge in [-0.25, -0.2) is 4.39 Å². The van der Waals surface area contributed by atoms with Crippen LogP contribution >= 0.6 is 0 Å². The molecular formula is C5H5F5. The largest absolute Gasteiger partial charge is 0.397 e. The number of halogens is 5. The number of rotatable bonds is 2. The zero-order chi connectivity index (χ0) is 8.20. The van der Waals surface area contributed by atoms with Crippen LogP contribution in [-0.2, 0) is 0 Å². The summed E-state index contributed by atoms with van der Waals surface area (Å²) < 4.78 is 56.9. The average Bonchev–Trinajstić information content (AvgIpc) is 1.80. The van der Waals surface area contributed by atoms with Gasteiger partial charge in [0.2, 0.25) is 0 Å². The molecule has 0 amide bonds. The highest BCUT2D eigenvalue weighted by molar-refractivity contribution is 4.86. The van der Waals surface area contributed by atoms with Gasteiger partial charge in [0.1, 0.15) is 12.6 Å². The fraction of sp³-hybridized carbons (Fsp3) is 0.600. The highest BCUT2D eigenvalue weighted by Gasteiger charge is 2.37. The summed E-state index contributed by atoms with van der Waals surface area (Å²) in [5.41, 5.74) is 0. The summed E-state index contributed by atoms with van der Waals surface area (Å²) in [5.74, 6) is -2.31. The molecule has 0 aliphatic heterocycles. The molecule has 0 rings (SSSR count). The summed E-state index contributed by atoms with van der Waals surface area (Å²) in [5, 5.41) is 0. The van der Waals surface area contributed by atoms with Gasteiger partial charge in [0.25, 0.3) is 0 Å². The molecule has 0 aromatic carbocycles. The van der Waals surface area contributed by atoms with E-state index in [2.05, 4.69) is 0 Å². The van der Waals surface area contributed by atoms with Crippen LogP contribution in [0.25, 0.3) is 0 Å². The highest BCUT2D eigenvalue weighted by Crippen LogP contribution is 2.27. The molecule has 0 N–H and O–H groups in total. The van der Waals surface area contributed by atoms with Gasteiger partial charge in [0, 0.05) is 0 Å². The fourth-order valence-corrected chi connectivity index (χ4v) is 0.336. The molecule has 0 saturated heterocycles. The lowest BCUT2D eigenvalue weighted by Gasteiger charge is -2.11. The van der Waals surface area contributed by atoms with E-state index in [1.165, 1.54) is 0 Å². The molecule has 0 aliphatic carbocycles. The highest BCUT2D eigenvalue weighted by atomic mass is 19.4. The number of alkyl halides is 4. The number of hydrogen-bond acceptors (Lipinski definition) is 0. The minimum Gasteiger partial charge on any atom is -0.250 e.